The van der Waals surface area contributed by atoms with Gasteiger partial charge in [0.1, 0.15) is 5.82 Å². The molecule has 0 bridgehead atoms. The average molecular weight is 185 g/mol. The minimum Gasteiger partial charge on any atom is -0.417 e. The first-order valence-electron chi connectivity index (χ1n) is 3.24. The predicted molar refractivity (Wildman–Crippen MR) is 40.0 cm³/mol. The Hall–Kier alpha value is -1.90. The van der Waals surface area contributed by atoms with Crippen molar-refractivity contribution in [3.05, 3.63) is 17.7 Å². The van der Waals surface area contributed by atoms with Crippen LogP contribution in [-0.4, -0.2) is 11.6 Å². The van der Waals surface area contributed by atoms with E-state index in [0.29, 0.717) is 0 Å². The van der Waals surface area contributed by atoms with Crippen LogP contribution >= 0.6 is 0 Å². The summed E-state index contributed by atoms with van der Waals surface area (Å²) in [6.07, 6.45) is 0. The first-order valence-corrected chi connectivity index (χ1v) is 3.24. The SMILES string of the molecule is N#Cc1cc(N)nc(OC(F)F)c1. The molecule has 0 spiro atoms. The van der Waals surface area contributed by atoms with Gasteiger partial charge in [-0.05, 0) is 6.07 Å². The minimum atomic E-state index is -2.97. The van der Waals surface area contributed by atoms with Crippen LogP contribution in [0, 0.1) is 11.3 Å². The molecule has 0 amide bonds. The van der Waals surface area contributed by atoms with Crippen LogP contribution in [0.3, 0.4) is 0 Å². The number of nitrogen functional groups attached to an aromatic ring is 1. The number of nitrogens with two attached hydrogens (primary N) is 1. The lowest BCUT2D eigenvalue weighted by atomic mass is 10.3. The molecule has 1 rings (SSSR count). The van der Waals surface area contributed by atoms with E-state index in [1.807, 2.05) is 0 Å². The number of anilines is 1. The van der Waals surface area contributed by atoms with Gasteiger partial charge in [0.25, 0.3) is 0 Å². The molecule has 0 radical (unpaired) electrons. The van der Waals surface area contributed by atoms with E-state index in [-0.39, 0.29) is 17.3 Å². The number of hydrogen-bond acceptors (Lipinski definition) is 4. The Balaban J connectivity index is 2.96. The van der Waals surface area contributed by atoms with Gasteiger partial charge in [0.2, 0.25) is 5.88 Å². The molecule has 0 aromatic carbocycles. The zero-order valence-electron chi connectivity index (χ0n) is 6.37. The van der Waals surface area contributed by atoms with Crippen molar-refractivity contribution >= 4 is 5.82 Å². The molecule has 13 heavy (non-hydrogen) atoms. The van der Waals surface area contributed by atoms with E-state index in [9.17, 15) is 8.78 Å². The number of pyridine rings is 1. The van der Waals surface area contributed by atoms with Gasteiger partial charge >= 0.3 is 6.61 Å². The number of nitrogens with zero attached hydrogens (tertiary/aromatic N) is 2. The molecule has 0 saturated heterocycles. The number of halogens is 2. The van der Waals surface area contributed by atoms with Crippen LogP contribution in [-0.2, 0) is 0 Å². The van der Waals surface area contributed by atoms with E-state index in [4.69, 9.17) is 11.0 Å². The van der Waals surface area contributed by atoms with E-state index in [2.05, 4.69) is 9.72 Å². The fourth-order valence-corrected chi connectivity index (χ4v) is 0.742. The van der Waals surface area contributed by atoms with E-state index in [1.165, 1.54) is 6.07 Å². The Labute approximate surface area is 72.6 Å². The third kappa shape index (κ3) is 2.56. The van der Waals surface area contributed by atoms with Gasteiger partial charge in [0.15, 0.2) is 0 Å². The van der Waals surface area contributed by atoms with Gasteiger partial charge in [-0.3, -0.25) is 0 Å². The molecule has 6 heteroatoms. The number of hydrogen-bond donors (Lipinski definition) is 1. The summed E-state index contributed by atoms with van der Waals surface area (Å²) >= 11 is 0. The molecular weight excluding hydrogens is 180 g/mol. The molecule has 0 unspecified atom stereocenters. The number of nitriles is 1. The molecule has 0 atom stereocenters. The lowest BCUT2D eigenvalue weighted by Crippen LogP contribution is -2.05. The molecule has 68 valence electrons. The van der Waals surface area contributed by atoms with Crippen LogP contribution in [0.5, 0.6) is 5.88 Å². The van der Waals surface area contributed by atoms with Crippen molar-refractivity contribution in [2.75, 3.05) is 5.73 Å². The molecule has 1 aromatic rings. The Morgan fingerprint density at radius 2 is 2.23 bits per heavy atom. The molecule has 1 heterocycles. The maximum Gasteiger partial charge on any atom is 0.388 e. The second-order valence-corrected chi connectivity index (χ2v) is 2.11. The smallest absolute Gasteiger partial charge is 0.388 e. The third-order valence-electron chi connectivity index (χ3n) is 1.16. The molecule has 2 N–H and O–H groups in total. The Morgan fingerprint density at radius 3 is 2.77 bits per heavy atom. The first-order chi connectivity index (χ1) is 6.11. The van der Waals surface area contributed by atoms with Gasteiger partial charge in [0.05, 0.1) is 11.6 Å². The van der Waals surface area contributed by atoms with Crippen molar-refractivity contribution in [2.24, 2.45) is 0 Å². The highest BCUT2D eigenvalue weighted by atomic mass is 19.3. The number of rotatable bonds is 2. The summed E-state index contributed by atoms with van der Waals surface area (Å²) < 4.78 is 27.4. The van der Waals surface area contributed by atoms with Crippen LogP contribution < -0.4 is 10.5 Å². The highest BCUT2D eigenvalue weighted by Crippen LogP contribution is 2.15. The largest absolute Gasteiger partial charge is 0.417 e. The monoisotopic (exact) mass is 185 g/mol. The van der Waals surface area contributed by atoms with E-state index >= 15 is 0 Å². The standard InChI is InChI=1S/C7H5F2N3O/c8-7(9)13-6-2-4(3-10)1-5(11)12-6/h1-2,7H,(H2,11,12). The summed E-state index contributed by atoms with van der Waals surface area (Å²) in [5.41, 5.74) is 5.35. The quantitative estimate of drug-likeness (QED) is 0.749. The highest BCUT2D eigenvalue weighted by Gasteiger charge is 2.07. The summed E-state index contributed by atoms with van der Waals surface area (Å²) in [4.78, 5) is 3.45. The van der Waals surface area contributed by atoms with Crippen molar-refractivity contribution in [2.45, 2.75) is 6.61 Å². The number of aromatic nitrogens is 1. The maximum absolute atomic E-state index is 11.7. The van der Waals surface area contributed by atoms with Crippen molar-refractivity contribution < 1.29 is 13.5 Å². The summed E-state index contributed by atoms with van der Waals surface area (Å²) in [7, 11) is 0. The van der Waals surface area contributed by atoms with Crippen molar-refractivity contribution in [3.8, 4) is 11.9 Å². The van der Waals surface area contributed by atoms with E-state index in [1.54, 1.807) is 6.07 Å². The van der Waals surface area contributed by atoms with Crippen molar-refractivity contribution in [3.63, 3.8) is 0 Å². The molecular formula is C7H5F2N3O. The predicted octanol–water partition coefficient (Wildman–Crippen LogP) is 1.14. The highest BCUT2D eigenvalue weighted by molar-refractivity contribution is 5.42. The summed E-state index contributed by atoms with van der Waals surface area (Å²) in [5.74, 6) is -0.388. The zero-order valence-corrected chi connectivity index (χ0v) is 6.37. The van der Waals surface area contributed by atoms with E-state index in [0.717, 1.165) is 6.07 Å². The van der Waals surface area contributed by atoms with Crippen LogP contribution in [0.25, 0.3) is 0 Å². The zero-order chi connectivity index (χ0) is 9.84. The Morgan fingerprint density at radius 1 is 1.54 bits per heavy atom. The van der Waals surface area contributed by atoms with Gasteiger partial charge in [-0.25, -0.2) is 0 Å². The summed E-state index contributed by atoms with van der Waals surface area (Å²) in [6.45, 7) is -2.97. The van der Waals surface area contributed by atoms with Crippen LogP contribution in [0.2, 0.25) is 0 Å². The maximum atomic E-state index is 11.7. The minimum absolute atomic E-state index is 0.0327. The van der Waals surface area contributed by atoms with Gasteiger partial charge in [-0.2, -0.15) is 19.0 Å². The van der Waals surface area contributed by atoms with Gasteiger partial charge in [-0.1, -0.05) is 0 Å². The van der Waals surface area contributed by atoms with E-state index < -0.39 is 6.61 Å². The van der Waals surface area contributed by atoms with Gasteiger partial charge < -0.3 is 10.5 Å². The lowest BCUT2D eigenvalue weighted by Gasteiger charge is -2.03. The van der Waals surface area contributed by atoms with Crippen LogP contribution in [0.15, 0.2) is 12.1 Å². The molecule has 4 nitrogen and oxygen atoms in total. The van der Waals surface area contributed by atoms with Gasteiger partial charge in [0, 0.05) is 6.07 Å². The molecule has 1 aromatic heterocycles. The first kappa shape index (κ1) is 9.19. The normalized spacial score (nSPS) is 9.69. The second-order valence-electron chi connectivity index (χ2n) is 2.11. The Bertz CT molecular complexity index is 348. The number of alkyl halides is 2. The topological polar surface area (TPSA) is 71.9 Å². The average Bonchev–Trinajstić information content (AvgIpc) is 2.01. The Kier molecular flexibility index (Phi) is 2.59. The number of ether oxygens (including phenoxy) is 1. The van der Waals surface area contributed by atoms with Crippen molar-refractivity contribution in [1.82, 2.24) is 4.98 Å². The molecule has 0 aliphatic carbocycles. The van der Waals surface area contributed by atoms with Crippen LogP contribution in [0.4, 0.5) is 14.6 Å². The van der Waals surface area contributed by atoms with Crippen LogP contribution in [0.1, 0.15) is 5.56 Å². The fourth-order valence-electron chi connectivity index (χ4n) is 0.742. The third-order valence-corrected chi connectivity index (χ3v) is 1.16. The van der Waals surface area contributed by atoms with Gasteiger partial charge in [-0.15, -0.1) is 0 Å². The summed E-state index contributed by atoms with van der Waals surface area (Å²) in [5, 5.41) is 8.44. The molecule has 0 aliphatic rings. The van der Waals surface area contributed by atoms with Crippen molar-refractivity contribution in [1.29, 1.82) is 5.26 Å². The molecule has 0 aliphatic heterocycles. The molecule has 0 fully saturated rings. The summed E-state index contributed by atoms with van der Waals surface area (Å²) in [6, 6.07) is 4.08. The second kappa shape index (κ2) is 3.67. The molecule has 0 saturated carbocycles. The fraction of sp³-hybridized carbons (Fsp3) is 0.143. The lowest BCUT2D eigenvalue weighted by molar-refractivity contribution is -0.0527.